The number of hydrogen-bond donors (Lipinski definition) is 0. The van der Waals surface area contributed by atoms with Crippen molar-refractivity contribution < 1.29 is 48.0 Å². The average Bonchev–Trinajstić information content (AvgIpc) is 1.49. The zero-order valence-corrected chi connectivity index (χ0v) is 28.3. The lowest BCUT2D eigenvalue weighted by Gasteiger charge is -2.17. The lowest BCUT2D eigenvalue weighted by molar-refractivity contribution is 1.13. The topological polar surface area (TPSA) is 14.8 Å². The zero-order valence-electron chi connectivity index (χ0n) is 63.3. The summed E-state index contributed by atoms with van der Waals surface area (Å²) in [5.41, 5.74) is -12.2. The minimum atomic E-state index is -1.28. The largest absolute Gasteiger partial charge is 0.309 e. The van der Waals surface area contributed by atoms with Crippen LogP contribution in [0.2, 0.25) is 0 Å². The fraction of sp³-hybridized carbons (Fsp3) is 0. The van der Waals surface area contributed by atoms with Crippen LogP contribution in [0.5, 0.6) is 0 Å². The van der Waals surface area contributed by atoms with Crippen LogP contribution in [-0.2, 0) is 0 Å². The molecule has 3 heterocycles. The molecule has 0 saturated carbocycles. The van der Waals surface area contributed by atoms with Crippen molar-refractivity contribution in [3.05, 3.63) is 211 Å². The third kappa shape index (κ3) is 4.73. The summed E-state index contributed by atoms with van der Waals surface area (Å²) in [5, 5.41) is -4.33. The van der Waals surface area contributed by atoms with Gasteiger partial charge >= 0.3 is 0 Å². The van der Waals surface area contributed by atoms with Crippen molar-refractivity contribution in [2.24, 2.45) is 0 Å². The molecule has 0 aliphatic rings. The van der Waals surface area contributed by atoms with Gasteiger partial charge in [0.05, 0.1) is 92.5 Å². The van der Waals surface area contributed by atoms with E-state index in [-0.39, 0.29) is 0 Å². The van der Waals surface area contributed by atoms with Gasteiger partial charge in [-0.1, -0.05) is 151 Å². The minimum Gasteiger partial charge on any atom is -0.309 e. The molecule has 0 unspecified atom stereocenters. The molecule has 0 spiro atoms. The Hall–Kier alpha value is -7.62. The second-order valence-corrected chi connectivity index (χ2v) is 12.3. The van der Waals surface area contributed by atoms with Crippen LogP contribution in [0.1, 0.15) is 48.0 Å². The summed E-state index contributed by atoms with van der Waals surface area (Å²) < 4.78 is 325. The van der Waals surface area contributed by atoms with E-state index in [4.69, 9.17) is 27.4 Å². The summed E-state index contributed by atoms with van der Waals surface area (Å²) >= 11 is 0. The standard InChI is InChI=1S/C54H35N3/c1-3-17-36(18-4-1)38-33-39(37-19-5-2-6-20-37)35-40(34-38)55-46-26-11-9-23-43(46)44-25-15-32-52(54(44)55)57-49-29-14-10-24-45(49)53-50(30-16-31-51(53)57)56-47-27-12-7-21-41(47)42-22-8-13-28-48(42)56/h1-35H/i1D,2D,3D,4D,5D,6D,7D,8D,9D,10D,11D,12D,13D,14D,15D,16D,17D,18D,19D,20D,21D,22D,23D,24D,25D,26D,27D,28D,29D,30D,31D,32D,33D,34D,35D. The zero-order chi connectivity index (χ0) is 67.9. The molecule has 9 aromatic carbocycles. The molecule has 0 aliphatic carbocycles. The monoisotopic (exact) mass is 761 g/mol. The van der Waals surface area contributed by atoms with E-state index < -0.39 is 316 Å². The molecule has 0 bridgehead atoms. The molecule has 12 rings (SSSR count). The molecule has 12 aromatic rings. The van der Waals surface area contributed by atoms with Crippen LogP contribution in [0.3, 0.4) is 0 Å². The van der Waals surface area contributed by atoms with Crippen molar-refractivity contribution in [1.29, 1.82) is 0 Å². The number of nitrogens with zero attached hydrogens (tertiary/aromatic N) is 3. The first kappa shape index (κ1) is 12.7. The van der Waals surface area contributed by atoms with Crippen molar-refractivity contribution >= 4 is 65.4 Å². The summed E-state index contributed by atoms with van der Waals surface area (Å²) in [6.07, 6.45) is 0. The lowest BCUT2D eigenvalue weighted by atomic mass is 9.98. The second kappa shape index (κ2) is 12.5. The molecule has 3 nitrogen and oxygen atoms in total. The van der Waals surface area contributed by atoms with E-state index in [9.17, 15) is 20.6 Å². The Kier molecular flexibility index (Phi) is 2.78. The van der Waals surface area contributed by atoms with Crippen LogP contribution >= 0.6 is 0 Å². The Balaban J connectivity index is 1.45. The van der Waals surface area contributed by atoms with E-state index in [0.29, 0.717) is 9.13 Å². The third-order valence-electron chi connectivity index (χ3n) is 9.34. The van der Waals surface area contributed by atoms with Crippen LogP contribution in [0, 0.1) is 0 Å². The lowest BCUT2D eigenvalue weighted by Crippen LogP contribution is -2.01. The highest BCUT2D eigenvalue weighted by atomic mass is 15.1. The fourth-order valence-electron chi connectivity index (χ4n) is 7.10. The Morgan fingerprint density at radius 3 is 1.28 bits per heavy atom. The van der Waals surface area contributed by atoms with Gasteiger partial charge in [0.2, 0.25) is 0 Å². The summed E-state index contributed by atoms with van der Waals surface area (Å²) in [4.78, 5) is 0. The van der Waals surface area contributed by atoms with Crippen LogP contribution in [0.15, 0.2) is 211 Å². The molecule has 0 saturated heterocycles. The van der Waals surface area contributed by atoms with Crippen LogP contribution in [-0.4, -0.2) is 13.7 Å². The van der Waals surface area contributed by atoms with E-state index in [1.165, 1.54) is 0 Å². The van der Waals surface area contributed by atoms with Gasteiger partial charge in [-0.2, -0.15) is 0 Å². The maximum Gasteiger partial charge on any atom is 0.0782 e. The van der Waals surface area contributed by atoms with Crippen molar-refractivity contribution in [3.63, 3.8) is 0 Å². The predicted molar refractivity (Wildman–Crippen MR) is 240 cm³/mol. The molecule has 266 valence electrons. The normalized spacial score (nSPS) is 20.5. The number of para-hydroxylation sites is 5. The first-order valence-corrected chi connectivity index (χ1v) is 16.8. The van der Waals surface area contributed by atoms with Gasteiger partial charge in [-0.05, 0) is 82.7 Å². The van der Waals surface area contributed by atoms with Crippen LogP contribution < -0.4 is 0 Å². The van der Waals surface area contributed by atoms with E-state index in [2.05, 4.69) is 0 Å². The van der Waals surface area contributed by atoms with E-state index in [0.717, 1.165) is 4.57 Å². The Labute approximate surface area is 378 Å². The Bertz CT molecular complexity index is 5350. The summed E-state index contributed by atoms with van der Waals surface area (Å²) in [6, 6.07) is -37.4. The smallest absolute Gasteiger partial charge is 0.0782 e. The van der Waals surface area contributed by atoms with Gasteiger partial charge in [0, 0.05) is 38.0 Å². The average molecular weight is 761 g/mol. The number of rotatable bonds is 5. The first-order valence-electron chi connectivity index (χ1n) is 34.3. The quantitative estimate of drug-likeness (QED) is 0.166. The fourth-order valence-corrected chi connectivity index (χ4v) is 7.10. The molecule has 0 radical (unpaired) electrons. The highest BCUT2D eigenvalue weighted by Crippen LogP contribution is 2.43. The second-order valence-electron chi connectivity index (χ2n) is 12.3. The number of fused-ring (bicyclic) bond motifs is 9. The van der Waals surface area contributed by atoms with E-state index in [1.807, 2.05) is 0 Å². The van der Waals surface area contributed by atoms with Gasteiger partial charge < -0.3 is 13.7 Å². The van der Waals surface area contributed by atoms with Crippen molar-refractivity contribution in [1.82, 2.24) is 13.7 Å². The molecule has 0 N–H and O–H groups in total. The van der Waals surface area contributed by atoms with Gasteiger partial charge in [0.15, 0.2) is 0 Å². The molecule has 0 fully saturated rings. The SMILES string of the molecule is [2H]c1c([2H])c([2H])c(-c2c([2H])c(-c3c([2H])c([2H])c([2H])c([2H])c3[2H])c([2H])c(-n3c4c([2H])c([2H])c([2H])c([2H])c4c4c([2H])c([2H])c([2H])c(-n5c6c([2H])c([2H])c([2H])c([2H])c6c6c(-n7c8c([2H])c([2H])c([2H])c([2H])c8c8c([2H])c([2H])c([2H])c([2H])c87)c([2H])c([2H])c([2H])c65)c43)c2[2H])c([2H])c1[2H]. The van der Waals surface area contributed by atoms with E-state index in [1.54, 1.807) is 0 Å². The molecule has 57 heavy (non-hydrogen) atoms. The predicted octanol–water partition coefficient (Wildman–Crippen LogP) is 14.3. The van der Waals surface area contributed by atoms with Gasteiger partial charge in [-0.15, -0.1) is 0 Å². The third-order valence-corrected chi connectivity index (χ3v) is 9.34. The van der Waals surface area contributed by atoms with Gasteiger partial charge in [-0.25, -0.2) is 0 Å². The molecule has 0 amide bonds. The summed E-state index contributed by atoms with van der Waals surface area (Å²) in [5.74, 6) is 0. The van der Waals surface area contributed by atoms with Gasteiger partial charge in [0.25, 0.3) is 0 Å². The minimum absolute atomic E-state index is 0.573. The summed E-state index contributed by atoms with van der Waals surface area (Å²) in [7, 11) is 0. The van der Waals surface area contributed by atoms with Gasteiger partial charge in [0.1, 0.15) is 0 Å². The van der Waals surface area contributed by atoms with Crippen molar-refractivity contribution in [2.75, 3.05) is 0 Å². The molecule has 0 atom stereocenters. The van der Waals surface area contributed by atoms with Crippen LogP contribution in [0.25, 0.3) is 105 Å². The highest BCUT2D eigenvalue weighted by molar-refractivity contribution is 6.18. The van der Waals surface area contributed by atoms with Gasteiger partial charge in [-0.3, -0.25) is 0 Å². The maximum absolute atomic E-state index is 10.2. The first-order chi connectivity index (χ1) is 42.9. The number of benzene rings is 9. The highest BCUT2D eigenvalue weighted by Gasteiger charge is 2.23. The number of aromatic nitrogens is 3. The molecule has 0 aliphatic heterocycles. The molecular weight excluding hydrogens is 691 g/mol. The number of hydrogen-bond acceptors (Lipinski definition) is 0. The van der Waals surface area contributed by atoms with Crippen molar-refractivity contribution in [3.8, 4) is 39.3 Å². The Morgan fingerprint density at radius 2 is 0.684 bits per heavy atom. The maximum atomic E-state index is 10.2. The van der Waals surface area contributed by atoms with Crippen molar-refractivity contribution in [2.45, 2.75) is 0 Å². The molecule has 3 heteroatoms. The molecular formula is C54H35N3. The molecule has 3 aromatic heterocycles. The van der Waals surface area contributed by atoms with E-state index >= 15 is 0 Å². The summed E-state index contributed by atoms with van der Waals surface area (Å²) in [6.45, 7) is 0. The Morgan fingerprint density at radius 1 is 0.281 bits per heavy atom. The van der Waals surface area contributed by atoms with Crippen LogP contribution in [0.4, 0.5) is 0 Å².